The lowest BCUT2D eigenvalue weighted by Gasteiger charge is -1.97. The zero-order chi connectivity index (χ0) is 11.2. The summed E-state index contributed by atoms with van der Waals surface area (Å²) in [6.07, 6.45) is 3.85. The fourth-order valence-corrected chi connectivity index (χ4v) is 2.20. The number of hydrogen-bond donors (Lipinski definition) is 1. The molecule has 0 saturated heterocycles. The van der Waals surface area contributed by atoms with E-state index in [-0.39, 0.29) is 0 Å². The van der Waals surface area contributed by atoms with Gasteiger partial charge in [0.25, 0.3) is 0 Å². The monoisotopic (exact) mass is 252 g/mol. The lowest BCUT2D eigenvalue weighted by atomic mass is 10.4. The molecular weight excluding hydrogens is 240 g/mol. The van der Waals surface area contributed by atoms with E-state index in [1.807, 2.05) is 18.2 Å². The highest BCUT2D eigenvalue weighted by Crippen LogP contribution is 2.23. The summed E-state index contributed by atoms with van der Waals surface area (Å²) in [5, 5.41) is 13.1. The highest BCUT2D eigenvalue weighted by Gasteiger charge is 2.06. The molecule has 0 amide bonds. The van der Waals surface area contributed by atoms with Gasteiger partial charge in [-0.1, -0.05) is 17.4 Å². The van der Waals surface area contributed by atoms with Crippen molar-refractivity contribution in [1.29, 1.82) is 0 Å². The molecule has 2 aromatic rings. The summed E-state index contributed by atoms with van der Waals surface area (Å²) < 4.78 is 0. The van der Waals surface area contributed by atoms with Crippen molar-refractivity contribution in [1.82, 2.24) is 15.2 Å². The topological polar surface area (TPSA) is 50.7 Å². The molecule has 4 nitrogen and oxygen atoms in total. The van der Waals surface area contributed by atoms with E-state index < -0.39 is 0 Å². The van der Waals surface area contributed by atoms with Crippen molar-refractivity contribution in [2.24, 2.45) is 0 Å². The van der Waals surface area contributed by atoms with Crippen LogP contribution >= 0.6 is 23.1 Å². The number of nitrogens with one attached hydrogen (secondary N) is 1. The van der Waals surface area contributed by atoms with Gasteiger partial charge in [0.15, 0.2) is 5.01 Å². The van der Waals surface area contributed by atoms with E-state index in [0.717, 1.165) is 28.1 Å². The van der Waals surface area contributed by atoms with Crippen LogP contribution in [-0.2, 0) is 0 Å². The molecule has 0 saturated carbocycles. The Labute approximate surface area is 103 Å². The van der Waals surface area contributed by atoms with Crippen molar-refractivity contribution in [2.45, 2.75) is 0 Å². The highest BCUT2D eigenvalue weighted by atomic mass is 32.2. The van der Waals surface area contributed by atoms with Crippen molar-refractivity contribution >= 4 is 28.2 Å². The average Bonchev–Trinajstić information content (AvgIpc) is 2.79. The summed E-state index contributed by atoms with van der Waals surface area (Å²) >= 11 is 3.34. The van der Waals surface area contributed by atoms with Crippen molar-refractivity contribution in [3.05, 3.63) is 24.4 Å². The van der Waals surface area contributed by atoms with E-state index in [4.69, 9.17) is 0 Å². The summed E-state index contributed by atoms with van der Waals surface area (Å²) in [7, 11) is 0. The maximum atomic E-state index is 4.23. The number of thioether (sulfide) groups is 1. The average molecular weight is 252 g/mol. The van der Waals surface area contributed by atoms with Crippen molar-refractivity contribution in [2.75, 3.05) is 23.9 Å². The third-order valence-corrected chi connectivity index (χ3v) is 3.41. The Balaban J connectivity index is 2.02. The van der Waals surface area contributed by atoms with Crippen LogP contribution in [-0.4, -0.2) is 33.7 Å². The second kappa shape index (κ2) is 5.81. The van der Waals surface area contributed by atoms with Crippen molar-refractivity contribution in [3.63, 3.8) is 0 Å². The van der Waals surface area contributed by atoms with Gasteiger partial charge in [-0.25, -0.2) is 0 Å². The molecule has 0 radical (unpaired) electrons. The third-order valence-electron chi connectivity index (χ3n) is 1.89. The molecule has 2 aromatic heterocycles. The summed E-state index contributed by atoms with van der Waals surface area (Å²) in [6.45, 7) is 0.915. The van der Waals surface area contributed by atoms with E-state index in [1.54, 1.807) is 18.0 Å². The van der Waals surface area contributed by atoms with Crippen LogP contribution < -0.4 is 5.32 Å². The molecule has 16 heavy (non-hydrogen) atoms. The maximum Gasteiger partial charge on any atom is 0.206 e. The van der Waals surface area contributed by atoms with Crippen molar-refractivity contribution in [3.8, 4) is 10.7 Å². The lowest BCUT2D eigenvalue weighted by Crippen LogP contribution is -2.02. The van der Waals surface area contributed by atoms with Crippen LogP contribution in [0.4, 0.5) is 5.13 Å². The second-order valence-electron chi connectivity index (χ2n) is 3.05. The minimum Gasteiger partial charge on any atom is -0.359 e. The Morgan fingerprint density at radius 3 is 3.06 bits per heavy atom. The molecule has 1 N–H and O–H groups in total. The van der Waals surface area contributed by atoms with E-state index >= 15 is 0 Å². The van der Waals surface area contributed by atoms with Gasteiger partial charge in [-0.15, -0.1) is 10.2 Å². The second-order valence-corrected chi connectivity index (χ2v) is 5.01. The number of rotatable bonds is 5. The van der Waals surface area contributed by atoms with Gasteiger partial charge in [-0.3, -0.25) is 4.98 Å². The SMILES string of the molecule is CSCCNc1nnc(-c2ccccn2)s1. The van der Waals surface area contributed by atoms with Gasteiger partial charge in [-0.05, 0) is 18.4 Å². The largest absolute Gasteiger partial charge is 0.359 e. The van der Waals surface area contributed by atoms with E-state index in [9.17, 15) is 0 Å². The molecule has 0 atom stereocenters. The normalized spacial score (nSPS) is 10.3. The summed E-state index contributed by atoms with van der Waals surface area (Å²) in [4.78, 5) is 4.23. The number of aromatic nitrogens is 3. The van der Waals surface area contributed by atoms with E-state index in [1.165, 1.54) is 11.3 Å². The predicted octanol–water partition coefficient (Wildman–Crippen LogP) is 2.38. The number of anilines is 1. The molecule has 0 spiro atoms. The molecule has 0 aliphatic heterocycles. The summed E-state index contributed by atoms with van der Waals surface area (Å²) in [6, 6.07) is 5.78. The van der Waals surface area contributed by atoms with Crippen LogP contribution in [0.3, 0.4) is 0 Å². The molecule has 0 bridgehead atoms. The van der Waals surface area contributed by atoms with Gasteiger partial charge in [0.05, 0.1) is 0 Å². The third kappa shape index (κ3) is 2.93. The van der Waals surface area contributed by atoms with Crippen LogP contribution in [0.25, 0.3) is 10.7 Å². The Morgan fingerprint density at radius 1 is 1.38 bits per heavy atom. The first-order chi connectivity index (χ1) is 7.90. The number of nitrogens with zero attached hydrogens (tertiary/aromatic N) is 3. The summed E-state index contributed by atoms with van der Waals surface area (Å²) in [5.74, 6) is 1.07. The van der Waals surface area contributed by atoms with Crippen LogP contribution in [0.2, 0.25) is 0 Å². The molecule has 84 valence electrons. The molecule has 0 unspecified atom stereocenters. The maximum absolute atomic E-state index is 4.23. The first kappa shape index (κ1) is 11.3. The number of pyridine rings is 1. The lowest BCUT2D eigenvalue weighted by molar-refractivity contribution is 1.07. The molecule has 0 aliphatic carbocycles. The van der Waals surface area contributed by atoms with Gasteiger partial charge in [0.2, 0.25) is 5.13 Å². The molecule has 6 heteroatoms. The Morgan fingerprint density at radius 2 is 2.31 bits per heavy atom. The zero-order valence-corrected chi connectivity index (χ0v) is 10.5. The molecular formula is C10H12N4S2. The fraction of sp³-hybridized carbons (Fsp3) is 0.300. The standard InChI is InChI=1S/C10H12N4S2/c1-15-7-6-12-10-14-13-9(16-10)8-4-2-3-5-11-8/h2-5H,6-7H2,1H3,(H,12,14). The minimum atomic E-state index is 0.854. The first-order valence-electron chi connectivity index (χ1n) is 4.88. The van der Waals surface area contributed by atoms with E-state index in [0.29, 0.717) is 0 Å². The summed E-state index contributed by atoms with van der Waals surface area (Å²) in [5.41, 5.74) is 0.873. The quantitative estimate of drug-likeness (QED) is 0.828. The van der Waals surface area contributed by atoms with Crippen LogP contribution in [0, 0.1) is 0 Å². The Bertz CT molecular complexity index is 429. The molecule has 0 aliphatic rings. The highest BCUT2D eigenvalue weighted by molar-refractivity contribution is 7.98. The Kier molecular flexibility index (Phi) is 4.12. The predicted molar refractivity (Wildman–Crippen MR) is 70.0 cm³/mol. The van der Waals surface area contributed by atoms with Crippen LogP contribution in [0.5, 0.6) is 0 Å². The van der Waals surface area contributed by atoms with E-state index in [2.05, 4.69) is 26.8 Å². The molecule has 2 heterocycles. The van der Waals surface area contributed by atoms with Gasteiger partial charge < -0.3 is 5.32 Å². The van der Waals surface area contributed by atoms with Gasteiger partial charge in [0.1, 0.15) is 5.69 Å². The molecule has 0 fully saturated rings. The smallest absolute Gasteiger partial charge is 0.206 e. The number of hydrogen-bond acceptors (Lipinski definition) is 6. The fourth-order valence-electron chi connectivity index (χ4n) is 1.15. The Hall–Kier alpha value is -1.14. The van der Waals surface area contributed by atoms with Crippen molar-refractivity contribution < 1.29 is 0 Å². The van der Waals surface area contributed by atoms with Crippen LogP contribution in [0.1, 0.15) is 0 Å². The van der Waals surface area contributed by atoms with Crippen LogP contribution in [0.15, 0.2) is 24.4 Å². The molecule has 0 aromatic carbocycles. The van der Waals surface area contributed by atoms with Gasteiger partial charge in [-0.2, -0.15) is 11.8 Å². The minimum absolute atomic E-state index is 0.854. The van der Waals surface area contributed by atoms with Gasteiger partial charge >= 0.3 is 0 Å². The first-order valence-corrected chi connectivity index (χ1v) is 7.09. The molecule has 2 rings (SSSR count). The zero-order valence-electron chi connectivity index (χ0n) is 8.88. The van der Waals surface area contributed by atoms with Gasteiger partial charge in [0, 0.05) is 18.5 Å².